The largest absolute Gasteiger partial charge is 0.433 e. The van der Waals surface area contributed by atoms with Gasteiger partial charge < -0.3 is 0 Å². The summed E-state index contributed by atoms with van der Waals surface area (Å²) in [4.78, 5) is 0. The number of hydrogen-bond donors (Lipinski definition) is 0. The van der Waals surface area contributed by atoms with Gasteiger partial charge in [-0.15, -0.1) is 0 Å². The van der Waals surface area contributed by atoms with E-state index in [9.17, 15) is 13.2 Å². The summed E-state index contributed by atoms with van der Waals surface area (Å²) >= 11 is 3.30. The molecule has 0 saturated heterocycles. The molecule has 0 amide bonds. The molecule has 0 radical (unpaired) electrons. The third kappa shape index (κ3) is 1.83. The number of hydrogen-bond acceptors (Lipinski definition) is 1. The first-order chi connectivity index (χ1) is 8.38. The Morgan fingerprint density at radius 3 is 2.56 bits per heavy atom. The number of nitrogens with zero attached hydrogens (tertiary/aromatic N) is 2. The maximum absolute atomic E-state index is 13.0. The van der Waals surface area contributed by atoms with E-state index < -0.39 is 11.9 Å². The Morgan fingerprint density at radius 2 is 2.00 bits per heavy atom. The third-order valence-corrected chi connectivity index (χ3v) is 4.17. The van der Waals surface area contributed by atoms with Crippen LogP contribution >= 0.6 is 15.9 Å². The van der Waals surface area contributed by atoms with E-state index in [1.165, 1.54) is 6.07 Å². The number of pyridine rings is 1. The second-order valence-electron chi connectivity index (χ2n) is 4.64. The van der Waals surface area contributed by atoms with Gasteiger partial charge in [-0.2, -0.15) is 18.3 Å². The molecule has 3 rings (SSSR count). The molecular formula is C12H10BrF3N2. The zero-order valence-corrected chi connectivity index (χ0v) is 11.1. The molecule has 2 heterocycles. The molecular weight excluding hydrogens is 309 g/mol. The Morgan fingerprint density at radius 1 is 1.33 bits per heavy atom. The molecule has 1 aliphatic rings. The first-order valence-corrected chi connectivity index (χ1v) is 6.43. The second-order valence-corrected chi connectivity index (χ2v) is 5.44. The number of halogens is 4. The normalized spacial score (nSPS) is 16.5. The fraction of sp³-hybridized carbons (Fsp3) is 0.417. The molecule has 0 unspecified atom stereocenters. The minimum absolute atomic E-state index is 0.276. The predicted molar refractivity (Wildman–Crippen MR) is 64.6 cm³/mol. The van der Waals surface area contributed by atoms with Gasteiger partial charge in [0.1, 0.15) is 5.69 Å². The minimum atomic E-state index is -4.39. The molecule has 0 aliphatic heterocycles. The average molecular weight is 319 g/mol. The van der Waals surface area contributed by atoms with Crippen molar-refractivity contribution in [3.63, 3.8) is 0 Å². The average Bonchev–Trinajstić information content (AvgIpc) is 3.06. The monoisotopic (exact) mass is 318 g/mol. The summed E-state index contributed by atoms with van der Waals surface area (Å²) in [6.07, 6.45) is -2.45. The number of aromatic nitrogens is 2. The molecule has 1 saturated carbocycles. The maximum atomic E-state index is 13.0. The summed E-state index contributed by atoms with van der Waals surface area (Å²) in [7, 11) is 0. The van der Waals surface area contributed by atoms with Gasteiger partial charge in [-0.3, -0.25) is 0 Å². The highest BCUT2D eigenvalue weighted by Gasteiger charge is 2.36. The van der Waals surface area contributed by atoms with Gasteiger partial charge in [0.05, 0.1) is 15.7 Å². The predicted octanol–water partition coefficient (Wildman–Crippen LogP) is 4.30. The lowest BCUT2D eigenvalue weighted by Gasteiger charge is -2.11. The highest BCUT2D eigenvalue weighted by Crippen LogP contribution is 2.43. The van der Waals surface area contributed by atoms with E-state index in [0.29, 0.717) is 15.7 Å². The molecule has 0 N–H and O–H groups in total. The van der Waals surface area contributed by atoms with Crippen LogP contribution in [0, 0.1) is 6.92 Å². The summed E-state index contributed by atoms with van der Waals surface area (Å²) in [5, 5.41) is 3.95. The van der Waals surface area contributed by atoms with E-state index in [2.05, 4.69) is 21.0 Å². The van der Waals surface area contributed by atoms with Gasteiger partial charge in [-0.25, -0.2) is 4.52 Å². The Hall–Kier alpha value is -1.04. The fourth-order valence-electron chi connectivity index (χ4n) is 2.11. The van der Waals surface area contributed by atoms with E-state index in [0.717, 1.165) is 22.9 Å². The standard InChI is InChI=1S/C12H10BrF3N2/c1-6-11(13)9-4-8(7-2-3-7)5-10(12(14,15)16)18(9)17-6/h4-5,7H,2-3H2,1H3. The van der Waals surface area contributed by atoms with Crippen LogP contribution in [-0.2, 0) is 6.18 Å². The van der Waals surface area contributed by atoms with Crippen molar-refractivity contribution in [2.75, 3.05) is 0 Å². The lowest BCUT2D eigenvalue weighted by Crippen LogP contribution is -2.13. The van der Waals surface area contributed by atoms with E-state index in [1.807, 2.05) is 0 Å². The van der Waals surface area contributed by atoms with Crippen molar-refractivity contribution in [2.24, 2.45) is 0 Å². The SMILES string of the molecule is Cc1nn2c(C(F)(F)F)cc(C3CC3)cc2c1Br. The summed E-state index contributed by atoms with van der Waals surface area (Å²) in [6, 6.07) is 3.03. The summed E-state index contributed by atoms with van der Waals surface area (Å²) in [6.45, 7) is 1.69. The smallest absolute Gasteiger partial charge is 0.227 e. The van der Waals surface area contributed by atoms with Gasteiger partial charge in [0.2, 0.25) is 0 Å². The molecule has 96 valence electrons. The molecule has 1 fully saturated rings. The van der Waals surface area contributed by atoms with E-state index in [-0.39, 0.29) is 5.92 Å². The van der Waals surface area contributed by atoms with Gasteiger partial charge in [0.15, 0.2) is 0 Å². The van der Waals surface area contributed by atoms with Gasteiger partial charge in [-0.05, 0) is 59.3 Å². The topological polar surface area (TPSA) is 17.3 Å². The van der Waals surface area contributed by atoms with Crippen molar-refractivity contribution in [2.45, 2.75) is 31.9 Å². The van der Waals surface area contributed by atoms with E-state index in [1.54, 1.807) is 13.0 Å². The maximum Gasteiger partial charge on any atom is 0.433 e. The van der Waals surface area contributed by atoms with Crippen LogP contribution in [-0.4, -0.2) is 9.61 Å². The van der Waals surface area contributed by atoms with Crippen LogP contribution in [0.5, 0.6) is 0 Å². The van der Waals surface area contributed by atoms with Crippen molar-refractivity contribution >= 4 is 21.4 Å². The van der Waals surface area contributed by atoms with Gasteiger partial charge in [-0.1, -0.05) is 0 Å². The molecule has 2 nitrogen and oxygen atoms in total. The summed E-state index contributed by atoms with van der Waals surface area (Å²) in [5.41, 5.74) is 1.11. The van der Waals surface area contributed by atoms with Crippen LogP contribution in [0.15, 0.2) is 16.6 Å². The second kappa shape index (κ2) is 3.73. The minimum Gasteiger partial charge on any atom is -0.227 e. The van der Waals surface area contributed by atoms with E-state index >= 15 is 0 Å². The molecule has 0 atom stereocenters. The van der Waals surface area contributed by atoms with Crippen molar-refractivity contribution in [3.05, 3.63) is 33.6 Å². The van der Waals surface area contributed by atoms with Gasteiger partial charge >= 0.3 is 6.18 Å². The molecule has 2 aromatic rings. The number of fused-ring (bicyclic) bond motifs is 1. The number of rotatable bonds is 1. The number of aryl methyl sites for hydroxylation is 1. The van der Waals surface area contributed by atoms with Crippen molar-refractivity contribution in [1.82, 2.24) is 9.61 Å². The van der Waals surface area contributed by atoms with Gasteiger partial charge in [0, 0.05) is 0 Å². The Bertz CT molecular complexity index is 626. The molecule has 1 aliphatic carbocycles. The third-order valence-electron chi connectivity index (χ3n) is 3.19. The lowest BCUT2D eigenvalue weighted by atomic mass is 10.1. The van der Waals surface area contributed by atoms with Gasteiger partial charge in [0.25, 0.3) is 0 Å². The Kier molecular flexibility index (Phi) is 2.49. The Balaban J connectivity index is 2.34. The highest BCUT2D eigenvalue weighted by atomic mass is 79.9. The van der Waals surface area contributed by atoms with Crippen LogP contribution in [0.4, 0.5) is 13.2 Å². The molecule has 6 heteroatoms. The number of alkyl halides is 3. The quantitative estimate of drug-likeness (QED) is 0.766. The zero-order chi connectivity index (χ0) is 13.1. The zero-order valence-electron chi connectivity index (χ0n) is 9.55. The van der Waals surface area contributed by atoms with Crippen molar-refractivity contribution < 1.29 is 13.2 Å². The first-order valence-electron chi connectivity index (χ1n) is 5.64. The molecule has 0 aromatic carbocycles. The summed E-state index contributed by atoms with van der Waals surface area (Å²) < 4.78 is 40.8. The van der Waals surface area contributed by atoms with Crippen LogP contribution in [0.3, 0.4) is 0 Å². The van der Waals surface area contributed by atoms with E-state index in [4.69, 9.17) is 0 Å². The Labute approximate surface area is 110 Å². The van der Waals surface area contributed by atoms with Crippen molar-refractivity contribution in [1.29, 1.82) is 0 Å². The van der Waals surface area contributed by atoms with Crippen LogP contribution < -0.4 is 0 Å². The molecule has 0 bridgehead atoms. The lowest BCUT2D eigenvalue weighted by molar-refractivity contribution is -0.142. The van der Waals surface area contributed by atoms with Crippen LogP contribution in [0.2, 0.25) is 0 Å². The summed E-state index contributed by atoms with van der Waals surface area (Å²) in [5.74, 6) is 0.276. The molecule has 2 aromatic heterocycles. The first kappa shape index (κ1) is 12.0. The van der Waals surface area contributed by atoms with Crippen LogP contribution in [0.25, 0.3) is 5.52 Å². The molecule has 18 heavy (non-hydrogen) atoms. The van der Waals surface area contributed by atoms with Crippen LogP contribution in [0.1, 0.15) is 35.7 Å². The highest BCUT2D eigenvalue weighted by molar-refractivity contribution is 9.10. The fourth-order valence-corrected chi connectivity index (χ4v) is 2.47. The molecule has 0 spiro atoms. The van der Waals surface area contributed by atoms with Crippen molar-refractivity contribution in [3.8, 4) is 0 Å².